The molecule has 0 aromatic heterocycles. The van der Waals surface area contributed by atoms with Crippen LogP contribution in [0.25, 0.3) is 0 Å². The van der Waals surface area contributed by atoms with Crippen LogP contribution in [0.1, 0.15) is 19.3 Å². The van der Waals surface area contributed by atoms with Crippen LogP contribution in [0.5, 0.6) is 0 Å². The average molecular weight is 292 g/mol. The first-order valence-corrected chi connectivity index (χ1v) is 7.82. The lowest BCUT2D eigenvalue weighted by Crippen LogP contribution is -2.19. The summed E-state index contributed by atoms with van der Waals surface area (Å²) in [6.07, 6.45) is 3.43. The third kappa shape index (κ3) is 3.95. The highest BCUT2D eigenvalue weighted by molar-refractivity contribution is 7.85. The normalized spacial score (nSPS) is 17.1. The van der Waals surface area contributed by atoms with E-state index in [-0.39, 0.29) is 0 Å². The van der Waals surface area contributed by atoms with Gasteiger partial charge in [-0.25, -0.2) is 0 Å². The van der Waals surface area contributed by atoms with Crippen LogP contribution in [-0.2, 0) is 10.8 Å². The first-order chi connectivity index (χ1) is 8.18. The lowest BCUT2D eigenvalue weighted by molar-refractivity contribution is 0.657. The fourth-order valence-corrected chi connectivity index (χ4v) is 3.69. The van der Waals surface area contributed by atoms with Crippen LogP contribution < -0.4 is 5.32 Å². The van der Waals surface area contributed by atoms with Gasteiger partial charge in [0.15, 0.2) is 0 Å². The molecule has 0 heterocycles. The summed E-state index contributed by atoms with van der Waals surface area (Å²) >= 11 is 12.0. The van der Waals surface area contributed by atoms with Gasteiger partial charge in [-0.2, -0.15) is 0 Å². The Labute approximate surface area is 114 Å². The second-order valence-electron chi connectivity index (χ2n) is 4.18. The molecule has 17 heavy (non-hydrogen) atoms. The molecule has 0 aliphatic heterocycles. The van der Waals surface area contributed by atoms with Crippen LogP contribution in [0, 0.1) is 0 Å². The van der Waals surface area contributed by atoms with Crippen molar-refractivity contribution >= 4 is 34.0 Å². The van der Waals surface area contributed by atoms with E-state index in [1.807, 2.05) is 0 Å². The van der Waals surface area contributed by atoms with E-state index in [1.54, 1.807) is 18.2 Å². The maximum absolute atomic E-state index is 12.1. The molecular formula is C12H15Cl2NOS. The molecule has 1 N–H and O–H groups in total. The highest BCUT2D eigenvalue weighted by Gasteiger charge is 2.20. The minimum atomic E-state index is -1.10. The third-order valence-electron chi connectivity index (χ3n) is 2.66. The van der Waals surface area contributed by atoms with Gasteiger partial charge in [0.05, 0.1) is 25.7 Å². The zero-order chi connectivity index (χ0) is 12.3. The molecular weight excluding hydrogens is 277 g/mol. The van der Waals surface area contributed by atoms with Crippen LogP contribution in [0.2, 0.25) is 10.0 Å². The summed E-state index contributed by atoms with van der Waals surface area (Å²) in [5.41, 5.74) is 0. The molecule has 1 aliphatic rings. The number of hydrogen-bond acceptors (Lipinski definition) is 2. The van der Waals surface area contributed by atoms with Crippen LogP contribution in [0.4, 0.5) is 0 Å². The van der Waals surface area contributed by atoms with Crippen LogP contribution in [0.15, 0.2) is 23.1 Å². The van der Waals surface area contributed by atoms with E-state index in [2.05, 4.69) is 5.32 Å². The molecule has 1 saturated carbocycles. The lowest BCUT2D eigenvalue weighted by atomic mass is 10.4. The van der Waals surface area contributed by atoms with E-state index in [9.17, 15) is 4.21 Å². The minimum absolute atomic E-state index is 0.492. The third-order valence-corrected chi connectivity index (χ3v) is 5.07. The largest absolute Gasteiger partial charge is 0.314 e. The van der Waals surface area contributed by atoms with Gasteiger partial charge in [0.25, 0.3) is 0 Å². The molecule has 0 radical (unpaired) electrons. The molecule has 5 heteroatoms. The Morgan fingerprint density at radius 2 is 1.94 bits per heavy atom. The summed E-state index contributed by atoms with van der Waals surface area (Å²) in [5.74, 6) is 0.600. The van der Waals surface area contributed by atoms with Crippen molar-refractivity contribution in [1.29, 1.82) is 0 Å². The van der Waals surface area contributed by atoms with Crippen molar-refractivity contribution in [2.75, 3.05) is 12.3 Å². The van der Waals surface area contributed by atoms with E-state index in [0.717, 1.165) is 13.0 Å². The Morgan fingerprint density at radius 1 is 1.29 bits per heavy atom. The first kappa shape index (κ1) is 13.3. The smallest absolute Gasteiger partial charge is 0.0760 e. The molecule has 0 spiro atoms. The van der Waals surface area contributed by atoms with Crippen molar-refractivity contribution in [1.82, 2.24) is 5.32 Å². The standard InChI is InChI=1S/C12H15Cl2NOS/c13-10-3-1-4-11(14)12(10)17(16)8-2-7-15-9-5-6-9/h1,3-4,9,15H,2,5-8H2. The van der Waals surface area contributed by atoms with Gasteiger partial charge < -0.3 is 5.32 Å². The Bertz CT molecular complexity index is 401. The topological polar surface area (TPSA) is 29.1 Å². The fourth-order valence-electron chi connectivity index (χ4n) is 1.60. The molecule has 2 rings (SSSR count). The van der Waals surface area contributed by atoms with Crippen molar-refractivity contribution < 1.29 is 4.21 Å². The van der Waals surface area contributed by atoms with Crippen LogP contribution in [0.3, 0.4) is 0 Å². The molecule has 1 unspecified atom stereocenters. The first-order valence-electron chi connectivity index (χ1n) is 5.74. The summed E-state index contributed by atoms with van der Waals surface area (Å²) in [6.45, 7) is 0.915. The summed E-state index contributed by atoms with van der Waals surface area (Å²) in [4.78, 5) is 0.572. The number of nitrogens with one attached hydrogen (secondary N) is 1. The predicted molar refractivity (Wildman–Crippen MR) is 73.4 cm³/mol. The quantitative estimate of drug-likeness (QED) is 0.816. The fraction of sp³-hybridized carbons (Fsp3) is 0.500. The predicted octanol–water partition coefficient (Wildman–Crippen LogP) is 3.24. The number of halogens is 2. The van der Waals surface area contributed by atoms with Crippen molar-refractivity contribution in [2.45, 2.75) is 30.2 Å². The highest BCUT2D eigenvalue weighted by atomic mass is 35.5. The molecule has 1 aliphatic carbocycles. The summed E-state index contributed by atoms with van der Waals surface area (Å²) in [5, 5.41) is 4.38. The van der Waals surface area contributed by atoms with E-state index in [1.165, 1.54) is 12.8 Å². The molecule has 2 nitrogen and oxygen atoms in total. The highest BCUT2D eigenvalue weighted by Crippen LogP contribution is 2.28. The number of benzene rings is 1. The molecule has 0 amide bonds. The maximum atomic E-state index is 12.1. The second-order valence-corrected chi connectivity index (χ2v) is 6.50. The van der Waals surface area contributed by atoms with Gasteiger partial charge in [-0.1, -0.05) is 29.3 Å². The van der Waals surface area contributed by atoms with E-state index < -0.39 is 10.8 Å². The van der Waals surface area contributed by atoms with Crippen LogP contribution in [-0.4, -0.2) is 22.5 Å². The number of hydrogen-bond donors (Lipinski definition) is 1. The second kappa shape index (κ2) is 6.19. The van der Waals surface area contributed by atoms with Gasteiger partial charge in [0, 0.05) is 11.8 Å². The van der Waals surface area contributed by atoms with Crippen molar-refractivity contribution in [3.63, 3.8) is 0 Å². The molecule has 0 bridgehead atoms. The SMILES string of the molecule is O=S(CCCNC1CC1)c1c(Cl)cccc1Cl. The molecule has 1 aromatic rings. The zero-order valence-electron chi connectivity index (χ0n) is 9.42. The monoisotopic (exact) mass is 291 g/mol. The van der Waals surface area contributed by atoms with E-state index >= 15 is 0 Å². The number of rotatable bonds is 6. The Hall–Kier alpha value is -0.0900. The van der Waals surface area contributed by atoms with Crippen molar-refractivity contribution in [2.24, 2.45) is 0 Å². The minimum Gasteiger partial charge on any atom is -0.314 e. The van der Waals surface area contributed by atoms with Crippen molar-refractivity contribution in [3.8, 4) is 0 Å². The van der Waals surface area contributed by atoms with Gasteiger partial charge in [0.2, 0.25) is 0 Å². The Kier molecular flexibility index (Phi) is 4.86. The molecule has 0 saturated heterocycles. The molecule has 94 valence electrons. The van der Waals surface area contributed by atoms with E-state index in [0.29, 0.717) is 26.7 Å². The van der Waals surface area contributed by atoms with Gasteiger partial charge in [-0.15, -0.1) is 0 Å². The Morgan fingerprint density at radius 3 is 2.53 bits per heavy atom. The van der Waals surface area contributed by atoms with Crippen LogP contribution >= 0.6 is 23.2 Å². The summed E-state index contributed by atoms with van der Waals surface area (Å²) in [6, 6.07) is 5.92. The van der Waals surface area contributed by atoms with Gasteiger partial charge in [0.1, 0.15) is 0 Å². The van der Waals surface area contributed by atoms with Gasteiger partial charge in [-0.3, -0.25) is 4.21 Å². The zero-order valence-corrected chi connectivity index (χ0v) is 11.7. The lowest BCUT2D eigenvalue weighted by Gasteiger charge is -2.07. The van der Waals surface area contributed by atoms with Gasteiger partial charge in [-0.05, 0) is 37.9 Å². The van der Waals surface area contributed by atoms with Crippen molar-refractivity contribution in [3.05, 3.63) is 28.2 Å². The molecule has 1 atom stereocenters. The maximum Gasteiger partial charge on any atom is 0.0760 e. The average Bonchev–Trinajstić information content (AvgIpc) is 3.08. The van der Waals surface area contributed by atoms with E-state index in [4.69, 9.17) is 23.2 Å². The Balaban J connectivity index is 1.85. The molecule has 1 aromatic carbocycles. The summed E-state index contributed by atoms with van der Waals surface area (Å²) < 4.78 is 12.1. The van der Waals surface area contributed by atoms with Gasteiger partial charge >= 0.3 is 0 Å². The summed E-state index contributed by atoms with van der Waals surface area (Å²) in [7, 11) is -1.10. The molecule has 1 fully saturated rings.